The average molecular weight is 500 g/mol. The fourth-order valence-electron chi connectivity index (χ4n) is 3.13. The number of carbonyl (C=O) groups is 4. The summed E-state index contributed by atoms with van der Waals surface area (Å²) in [5.41, 5.74) is 1.91. The lowest BCUT2D eigenvalue weighted by Crippen LogP contribution is -2.46. The predicted octanol–water partition coefficient (Wildman–Crippen LogP) is 2.41. The standard InChI is InChI=1S/C26H33N3O7/c1-16(2)24(28-25(32)18-11-20(34-5)13-21(12-18)35-6)26(33)36-15-23(31)29(4)14-22(30)27-19-9-7-17(3)8-10-19/h7-13,16,24H,14-15H2,1-6H3,(H,27,30)(H,28,32). The molecule has 36 heavy (non-hydrogen) atoms. The van der Waals surface area contributed by atoms with Crippen LogP contribution in [0.3, 0.4) is 0 Å². The Morgan fingerprint density at radius 3 is 2.06 bits per heavy atom. The zero-order chi connectivity index (χ0) is 26.8. The molecule has 0 aliphatic rings. The molecule has 0 bridgehead atoms. The number of aryl methyl sites for hydroxylation is 1. The third-order valence-electron chi connectivity index (χ3n) is 5.30. The monoisotopic (exact) mass is 499 g/mol. The molecule has 0 heterocycles. The van der Waals surface area contributed by atoms with Crippen molar-refractivity contribution < 1.29 is 33.4 Å². The van der Waals surface area contributed by atoms with Crippen LogP contribution in [0.25, 0.3) is 0 Å². The minimum Gasteiger partial charge on any atom is -0.497 e. The van der Waals surface area contributed by atoms with E-state index >= 15 is 0 Å². The SMILES string of the molecule is COc1cc(OC)cc(C(=O)NC(C(=O)OCC(=O)N(C)CC(=O)Nc2ccc(C)cc2)C(C)C)c1. The van der Waals surface area contributed by atoms with Crippen molar-refractivity contribution in [1.82, 2.24) is 10.2 Å². The van der Waals surface area contributed by atoms with Gasteiger partial charge in [0.25, 0.3) is 11.8 Å². The van der Waals surface area contributed by atoms with Crippen molar-refractivity contribution in [3.05, 3.63) is 53.6 Å². The van der Waals surface area contributed by atoms with E-state index in [1.54, 1.807) is 32.0 Å². The van der Waals surface area contributed by atoms with Crippen molar-refractivity contribution in [2.75, 3.05) is 39.7 Å². The van der Waals surface area contributed by atoms with E-state index < -0.39 is 30.4 Å². The second-order valence-corrected chi connectivity index (χ2v) is 8.57. The second-order valence-electron chi connectivity index (χ2n) is 8.57. The average Bonchev–Trinajstić information content (AvgIpc) is 2.85. The highest BCUT2D eigenvalue weighted by Crippen LogP contribution is 2.22. The molecule has 0 aliphatic heterocycles. The number of benzene rings is 2. The number of hydrogen-bond donors (Lipinski definition) is 2. The van der Waals surface area contributed by atoms with E-state index in [2.05, 4.69) is 10.6 Å². The quantitative estimate of drug-likeness (QED) is 0.455. The fraction of sp³-hybridized carbons (Fsp3) is 0.385. The molecule has 0 radical (unpaired) electrons. The molecule has 10 heteroatoms. The Balaban J connectivity index is 1.92. The number of anilines is 1. The van der Waals surface area contributed by atoms with Gasteiger partial charge in [0.1, 0.15) is 17.5 Å². The molecule has 0 saturated carbocycles. The van der Waals surface area contributed by atoms with Crippen LogP contribution in [0.5, 0.6) is 11.5 Å². The van der Waals surface area contributed by atoms with Gasteiger partial charge in [-0.1, -0.05) is 31.5 Å². The number of nitrogens with one attached hydrogen (secondary N) is 2. The zero-order valence-electron chi connectivity index (χ0n) is 21.4. The second kappa shape index (κ2) is 13.1. The Hall–Kier alpha value is -4.08. The van der Waals surface area contributed by atoms with Gasteiger partial charge in [0.2, 0.25) is 5.91 Å². The van der Waals surface area contributed by atoms with Crippen LogP contribution < -0.4 is 20.1 Å². The number of methoxy groups -OCH3 is 2. The maximum Gasteiger partial charge on any atom is 0.329 e. The highest BCUT2D eigenvalue weighted by molar-refractivity contribution is 5.98. The van der Waals surface area contributed by atoms with E-state index in [0.717, 1.165) is 10.5 Å². The summed E-state index contributed by atoms with van der Waals surface area (Å²) in [6.45, 7) is 4.62. The Morgan fingerprint density at radius 1 is 0.944 bits per heavy atom. The van der Waals surface area contributed by atoms with Crippen LogP contribution in [-0.2, 0) is 19.1 Å². The summed E-state index contributed by atoms with van der Waals surface area (Å²) in [4.78, 5) is 51.2. The van der Waals surface area contributed by atoms with Gasteiger partial charge in [0.05, 0.1) is 20.8 Å². The minimum atomic E-state index is -1.00. The molecule has 0 aliphatic carbocycles. The van der Waals surface area contributed by atoms with Crippen molar-refractivity contribution in [2.24, 2.45) is 5.92 Å². The molecule has 0 spiro atoms. The molecule has 10 nitrogen and oxygen atoms in total. The molecular weight excluding hydrogens is 466 g/mol. The van der Waals surface area contributed by atoms with Crippen molar-refractivity contribution in [1.29, 1.82) is 0 Å². The first-order chi connectivity index (χ1) is 17.0. The van der Waals surface area contributed by atoms with Gasteiger partial charge in [-0.3, -0.25) is 14.4 Å². The van der Waals surface area contributed by atoms with E-state index in [9.17, 15) is 19.2 Å². The van der Waals surface area contributed by atoms with Gasteiger partial charge in [0, 0.05) is 24.4 Å². The Labute approximate surface area is 210 Å². The summed E-state index contributed by atoms with van der Waals surface area (Å²) in [5.74, 6) is -1.72. The first-order valence-corrected chi connectivity index (χ1v) is 11.3. The van der Waals surface area contributed by atoms with Gasteiger partial charge >= 0.3 is 5.97 Å². The van der Waals surface area contributed by atoms with Crippen molar-refractivity contribution >= 4 is 29.4 Å². The lowest BCUT2D eigenvalue weighted by atomic mass is 10.0. The number of esters is 1. The third-order valence-corrected chi connectivity index (χ3v) is 5.30. The summed E-state index contributed by atoms with van der Waals surface area (Å²) >= 11 is 0. The molecule has 194 valence electrons. The molecule has 2 aromatic carbocycles. The van der Waals surface area contributed by atoms with Crippen LogP contribution in [-0.4, -0.2) is 69.1 Å². The molecule has 1 unspecified atom stereocenters. The maximum atomic E-state index is 12.8. The van der Waals surface area contributed by atoms with Crippen LogP contribution in [0.2, 0.25) is 0 Å². The van der Waals surface area contributed by atoms with Gasteiger partial charge in [-0.05, 0) is 37.1 Å². The van der Waals surface area contributed by atoms with E-state index in [4.69, 9.17) is 14.2 Å². The minimum absolute atomic E-state index is 0.216. The topological polar surface area (TPSA) is 123 Å². The molecule has 1 atom stereocenters. The lowest BCUT2D eigenvalue weighted by Gasteiger charge is -2.22. The zero-order valence-corrected chi connectivity index (χ0v) is 21.4. The summed E-state index contributed by atoms with van der Waals surface area (Å²) in [5, 5.41) is 5.34. The number of likely N-dealkylation sites (N-methyl/N-ethyl adjacent to an activating group) is 1. The summed E-state index contributed by atoms with van der Waals surface area (Å²) in [6.07, 6.45) is 0. The number of carbonyl (C=O) groups excluding carboxylic acids is 4. The predicted molar refractivity (Wildman–Crippen MR) is 134 cm³/mol. The van der Waals surface area contributed by atoms with Crippen molar-refractivity contribution in [2.45, 2.75) is 26.8 Å². The fourth-order valence-corrected chi connectivity index (χ4v) is 3.13. The third kappa shape index (κ3) is 8.30. The lowest BCUT2D eigenvalue weighted by molar-refractivity contribution is -0.154. The van der Waals surface area contributed by atoms with Gasteiger partial charge in [-0.25, -0.2) is 4.79 Å². The number of rotatable bonds is 11. The number of ether oxygens (including phenoxy) is 3. The van der Waals surface area contributed by atoms with Crippen molar-refractivity contribution in [3.63, 3.8) is 0 Å². The first kappa shape index (κ1) is 28.2. The number of amides is 3. The number of hydrogen-bond acceptors (Lipinski definition) is 7. The van der Waals surface area contributed by atoms with Gasteiger partial charge in [0.15, 0.2) is 6.61 Å². The molecule has 2 aromatic rings. The Bertz CT molecular complexity index is 1060. The maximum absolute atomic E-state index is 12.8. The normalized spacial score (nSPS) is 11.3. The molecule has 0 aromatic heterocycles. The largest absolute Gasteiger partial charge is 0.497 e. The highest BCUT2D eigenvalue weighted by Gasteiger charge is 2.28. The van der Waals surface area contributed by atoms with Crippen molar-refractivity contribution in [3.8, 4) is 11.5 Å². The molecule has 0 fully saturated rings. The van der Waals surface area contributed by atoms with Crippen LogP contribution in [0.4, 0.5) is 5.69 Å². The van der Waals surface area contributed by atoms with E-state index in [-0.39, 0.29) is 23.9 Å². The van der Waals surface area contributed by atoms with Crippen LogP contribution in [0.15, 0.2) is 42.5 Å². The summed E-state index contributed by atoms with van der Waals surface area (Å²) in [7, 11) is 4.36. The molecular formula is C26H33N3O7. The molecule has 2 rings (SSSR count). The van der Waals surface area contributed by atoms with Gasteiger partial charge in [-0.2, -0.15) is 0 Å². The van der Waals surface area contributed by atoms with Gasteiger partial charge < -0.3 is 29.7 Å². The van der Waals surface area contributed by atoms with Crippen LogP contribution in [0.1, 0.15) is 29.8 Å². The summed E-state index contributed by atoms with van der Waals surface area (Å²) in [6, 6.07) is 10.9. The van der Waals surface area contributed by atoms with E-state index in [0.29, 0.717) is 17.2 Å². The smallest absolute Gasteiger partial charge is 0.329 e. The number of nitrogens with zero attached hydrogens (tertiary/aromatic N) is 1. The highest BCUT2D eigenvalue weighted by atomic mass is 16.5. The summed E-state index contributed by atoms with van der Waals surface area (Å²) < 4.78 is 15.5. The Kier molecular flexibility index (Phi) is 10.3. The Morgan fingerprint density at radius 2 is 1.53 bits per heavy atom. The van der Waals surface area contributed by atoms with Crippen LogP contribution in [0, 0.1) is 12.8 Å². The molecule has 3 amide bonds. The molecule has 0 saturated heterocycles. The van der Waals surface area contributed by atoms with E-state index in [1.807, 2.05) is 19.1 Å². The van der Waals surface area contributed by atoms with E-state index in [1.165, 1.54) is 33.4 Å². The first-order valence-electron chi connectivity index (χ1n) is 11.3. The van der Waals surface area contributed by atoms with Gasteiger partial charge in [-0.15, -0.1) is 0 Å². The van der Waals surface area contributed by atoms with Crippen LogP contribution >= 0.6 is 0 Å². The molecule has 2 N–H and O–H groups in total.